The molecule has 1 aliphatic heterocycles. The predicted octanol–water partition coefficient (Wildman–Crippen LogP) is 5.13. The topological polar surface area (TPSA) is 46.2 Å². The Balaban J connectivity index is 1.53. The molecule has 4 rings (SSSR count). The van der Waals surface area contributed by atoms with Gasteiger partial charge in [0.05, 0.1) is 25.9 Å². The summed E-state index contributed by atoms with van der Waals surface area (Å²) in [5, 5.41) is 0. The lowest BCUT2D eigenvalue weighted by Crippen LogP contribution is -2.59. The molecule has 5 heteroatoms. The maximum atomic E-state index is 6.46. The predicted molar refractivity (Wildman–Crippen MR) is 126 cm³/mol. The van der Waals surface area contributed by atoms with Gasteiger partial charge in [0.15, 0.2) is 6.29 Å². The lowest BCUT2D eigenvalue weighted by Gasteiger charge is -2.44. The van der Waals surface area contributed by atoms with Crippen LogP contribution in [0.2, 0.25) is 0 Å². The molecule has 1 heterocycles. The molecule has 5 atom stereocenters. The van der Waals surface area contributed by atoms with E-state index in [2.05, 4.69) is 24.3 Å². The Hall–Kier alpha value is -2.54. The van der Waals surface area contributed by atoms with Crippen molar-refractivity contribution in [2.75, 3.05) is 7.11 Å². The SMILES string of the molecule is CO[C@H]1O[C@@H](C)[C@@H](OCc2ccccc2)C(OCc2ccccc2)C1OCc1ccccc1. The van der Waals surface area contributed by atoms with Gasteiger partial charge in [-0.2, -0.15) is 0 Å². The van der Waals surface area contributed by atoms with Gasteiger partial charge >= 0.3 is 0 Å². The molecular weight excluding hydrogens is 416 g/mol. The molecule has 0 aromatic heterocycles. The highest BCUT2D eigenvalue weighted by Gasteiger charge is 2.47. The van der Waals surface area contributed by atoms with Crippen molar-refractivity contribution in [3.8, 4) is 0 Å². The second-order valence-corrected chi connectivity index (χ2v) is 8.23. The zero-order valence-electron chi connectivity index (χ0n) is 19.2. The number of hydrogen-bond donors (Lipinski definition) is 0. The molecule has 3 aromatic rings. The number of methoxy groups -OCH3 is 1. The molecule has 0 saturated carbocycles. The van der Waals surface area contributed by atoms with Crippen LogP contribution < -0.4 is 0 Å². The molecule has 0 amide bonds. The molecule has 0 bridgehead atoms. The van der Waals surface area contributed by atoms with E-state index in [0.29, 0.717) is 19.8 Å². The standard InChI is InChI=1S/C28H32O5/c1-21-25(30-18-22-12-6-3-7-13-22)26(31-19-23-14-8-4-9-15-23)27(28(29-2)33-21)32-20-24-16-10-5-11-17-24/h3-17,21,25-28H,18-20H2,1-2H3/t21-,25+,26?,27?,28-/m0/s1. The average molecular weight is 449 g/mol. The summed E-state index contributed by atoms with van der Waals surface area (Å²) in [4.78, 5) is 0. The first-order chi connectivity index (χ1) is 16.2. The van der Waals surface area contributed by atoms with E-state index in [9.17, 15) is 0 Å². The zero-order valence-corrected chi connectivity index (χ0v) is 19.2. The van der Waals surface area contributed by atoms with Crippen LogP contribution in [0.5, 0.6) is 0 Å². The number of ether oxygens (including phenoxy) is 5. The second kappa shape index (κ2) is 12.1. The minimum Gasteiger partial charge on any atom is -0.368 e. The molecule has 0 aliphatic carbocycles. The molecule has 174 valence electrons. The van der Waals surface area contributed by atoms with E-state index in [1.54, 1.807) is 7.11 Å². The van der Waals surface area contributed by atoms with Gasteiger partial charge in [-0.05, 0) is 23.6 Å². The molecular formula is C28H32O5. The Bertz CT molecular complexity index is 934. The van der Waals surface area contributed by atoms with Crippen molar-refractivity contribution in [2.24, 2.45) is 0 Å². The van der Waals surface area contributed by atoms with E-state index in [1.807, 2.05) is 73.7 Å². The molecule has 5 nitrogen and oxygen atoms in total. The fraction of sp³-hybridized carbons (Fsp3) is 0.357. The molecule has 1 saturated heterocycles. The largest absolute Gasteiger partial charge is 0.368 e. The molecule has 1 fully saturated rings. The lowest BCUT2D eigenvalue weighted by atomic mass is 9.98. The van der Waals surface area contributed by atoms with Crippen LogP contribution >= 0.6 is 0 Å². The van der Waals surface area contributed by atoms with E-state index in [1.165, 1.54) is 0 Å². The van der Waals surface area contributed by atoms with Gasteiger partial charge in [-0.3, -0.25) is 0 Å². The maximum absolute atomic E-state index is 6.46. The Kier molecular flexibility index (Phi) is 8.64. The number of hydrogen-bond acceptors (Lipinski definition) is 5. The Morgan fingerprint density at radius 2 is 0.970 bits per heavy atom. The van der Waals surface area contributed by atoms with Crippen molar-refractivity contribution in [3.05, 3.63) is 108 Å². The highest BCUT2D eigenvalue weighted by Crippen LogP contribution is 2.30. The van der Waals surface area contributed by atoms with Gasteiger partial charge in [-0.15, -0.1) is 0 Å². The van der Waals surface area contributed by atoms with Crippen LogP contribution in [0.4, 0.5) is 0 Å². The monoisotopic (exact) mass is 448 g/mol. The number of rotatable bonds is 10. The quantitative estimate of drug-likeness (QED) is 0.430. The normalized spacial score (nSPS) is 25.1. The molecule has 3 aromatic carbocycles. The fourth-order valence-electron chi connectivity index (χ4n) is 4.06. The van der Waals surface area contributed by atoms with Crippen molar-refractivity contribution < 1.29 is 23.7 Å². The minimum atomic E-state index is -0.555. The molecule has 0 spiro atoms. The van der Waals surface area contributed by atoms with E-state index in [0.717, 1.165) is 16.7 Å². The molecule has 2 unspecified atom stereocenters. The van der Waals surface area contributed by atoms with Crippen LogP contribution in [0.1, 0.15) is 23.6 Å². The smallest absolute Gasteiger partial charge is 0.186 e. The molecule has 1 aliphatic rings. The third-order valence-corrected chi connectivity index (χ3v) is 5.82. The van der Waals surface area contributed by atoms with Crippen molar-refractivity contribution in [1.82, 2.24) is 0 Å². The molecule has 0 radical (unpaired) electrons. The summed E-state index contributed by atoms with van der Waals surface area (Å²) >= 11 is 0. The maximum Gasteiger partial charge on any atom is 0.186 e. The van der Waals surface area contributed by atoms with Crippen molar-refractivity contribution in [1.29, 1.82) is 0 Å². The van der Waals surface area contributed by atoms with Gasteiger partial charge in [0.1, 0.15) is 18.3 Å². The van der Waals surface area contributed by atoms with Crippen LogP contribution in [0, 0.1) is 0 Å². The van der Waals surface area contributed by atoms with Crippen molar-refractivity contribution in [2.45, 2.75) is 57.5 Å². The Labute approximate surface area is 196 Å². The second-order valence-electron chi connectivity index (χ2n) is 8.23. The lowest BCUT2D eigenvalue weighted by molar-refractivity contribution is -0.314. The molecule has 0 N–H and O–H groups in total. The van der Waals surface area contributed by atoms with E-state index in [-0.39, 0.29) is 18.3 Å². The van der Waals surface area contributed by atoms with Crippen LogP contribution in [-0.4, -0.2) is 37.8 Å². The van der Waals surface area contributed by atoms with Gasteiger partial charge in [0.2, 0.25) is 0 Å². The van der Waals surface area contributed by atoms with Crippen molar-refractivity contribution >= 4 is 0 Å². The van der Waals surface area contributed by atoms with Crippen LogP contribution in [0.3, 0.4) is 0 Å². The first-order valence-corrected chi connectivity index (χ1v) is 11.4. The van der Waals surface area contributed by atoms with Gasteiger partial charge in [0, 0.05) is 7.11 Å². The minimum absolute atomic E-state index is 0.226. The van der Waals surface area contributed by atoms with Gasteiger partial charge < -0.3 is 23.7 Å². The highest BCUT2D eigenvalue weighted by atomic mass is 16.7. The fourth-order valence-corrected chi connectivity index (χ4v) is 4.06. The Morgan fingerprint density at radius 3 is 1.39 bits per heavy atom. The summed E-state index contributed by atoms with van der Waals surface area (Å²) in [5.74, 6) is 0. The summed E-state index contributed by atoms with van der Waals surface area (Å²) in [5.41, 5.74) is 3.27. The van der Waals surface area contributed by atoms with E-state index < -0.39 is 12.4 Å². The summed E-state index contributed by atoms with van der Waals surface area (Å²) in [6.07, 6.45) is -1.92. The zero-order chi connectivity index (χ0) is 22.9. The van der Waals surface area contributed by atoms with Gasteiger partial charge in [-0.25, -0.2) is 0 Å². The van der Waals surface area contributed by atoms with Crippen LogP contribution in [0.25, 0.3) is 0 Å². The average Bonchev–Trinajstić information content (AvgIpc) is 2.87. The third kappa shape index (κ3) is 6.50. The molecule has 33 heavy (non-hydrogen) atoms. The van der Waals surface area contributed by atoms with Gasteiger partial charge in [-0.1, -0.05) is 91.0 Å². The van der Waals surface area contributed by atoms with E-state index >= 15 is 0 Å². The first-order valence-electron chi connectivity index (χ1n) is 11.4. The van der Waals surface area contributed by atoms with Crippen LogP contribution in [-0.2, 0) is 43.5 Å². The van der Waals surface area contributed by atoms with E-state index in [4.69, 9.17) is 23.7 Å². The van der Waals surface area contributed by atoms with Gasteiger partial charge in [0.25, 0.3) is 0 Å². The third-order valence-electron chi connectivity index (χ3n) is 5.82. The Morgan fingerprint density at radius 1 is 0.576 bits per heavy atom. The summed E-state index contributed by atoms with van der Waals surface area (Å²) < 4.78 is 31.0. The highest BCUT2D eigenvalue weighted by molar-refractivity contribution is 5.15. The summed E-state index contributed by atoms with van der Waals surface area (Å²) in [7, 11) is 1.63. The van der Waals surface area contributed by atoms with Crippen LogP contribution in [0.15, 0.2) is 91.0 Å². The van der Waals surface area contributed by atoms with Crippen molar-refractivity contribution in [3.63, 3.8) is 0 Å². The number of benzene rings is 3. The summed E-state index contributed by atoms with van der Waals surface area (Å²) in [6, 6.07) is 30.3. The first kappa shape index (κ1) is 23.6. The summed E-state index contributed by atoms with van der Waals surface area (Å²) in [6.45, 7) is 3.34.